The van der Waals surface area contributed by atoms with Crippen LogP contribution in [-0.4, -0.2) is 107 Å². The number of aliphatic hydroxyl groups excluding tert-OH is 1. The number of aryl methyl sites for hydroxylation is 1. The third kappa shape index (κ3) is 16.0. The van der Waals surface area contributed by atoms with Crippen molar-refractivity contribution < 1.29 is 61.4 Å². The number of alkyl carbamates (subject to hydrolysis) is 1. The number of phosphoric ester groups is 1. The van der Waals surface area contributed by atoms with Crippen LogP contribution in [0.1, 0.15) is 159 Å². The van der Waals surface area contributed by atoms with Crippen LogP contribution in [0.4, 0.5) is 21.0 Å². The van der Waals surface area contributed by atoms with Crippen LogP contribution < -0.4 is 30.1 Å². The Morgan fingerprint density at radius 3 is 2.16 bits per heavy atom. The molecule has 0 spiro atoms. The van der Waals surface area contributed by atoms with E-state index >= 15 is 0 Å². The number of carbonyl (C=O) groups excluding carboxylic acids is 5. The van der Waals surface area contributed by atoms with Gasteiger partial charge in [-0.3, -0.25) is 23.4 Å². The highest BCUT2D eigenvalue weighted by Crippen LogP contribution is 2.57. The number of nitrogens with zero attached hydrogens (tertiary/aromatic N) is 3. The van der Waals surface area contributed by atoms with Crippen molar-refractivity contribution in [2.75, 3.05) is 41.9 Å². The molecule has 0 aromatic heterocycles. The van der Waals surface area contributed by atoms with Gasteiger partial charge in [0.25, 0.3) is 5.91 Å². The summed E-state index contributed by atoms with van der Waals surface area (Å²) in [6.45, 7) is 19.2. The number of nitrogens with one attached hydrogen (secondary N) is 1. The van der Waals surface area contributed by atoms with Crippen molar-refractivity contribution >= 4 is 71.4 Å². The van der Waals surface area contributed by atoms with Gasteiger partial charge in [0.2, 0.25) is 5.91 Å². The monoisotopic (exact) mass is 1150 g/mol. The van der Waals surface area contributed by atoms with Gasteiger partial charge in [0.15, 0.2) is 12.0 Å². The van der Waals surface area contributed by atoms with Gasteiger partial charge in [-0.1, -0.05) is 48.5 Å². The summed E-state index contributed by atoms with van der Waals surface area (Å²) >= 11 is 6.57. The van der Waals surface area contributed by atoms with E-state index < -0.39 is 55.1 Å². The van der Waals surface area contributed by atoms with Gasteiger partial charge in [-0.05, 0) is 154 Å². The zero-order valence-corrected chi connectivity index (χ0v) is 49.7. The first kappa shape index (κ1) is 61.9. The molecule has 436 valence electrons. The fourth-order valence-electron chi connectivity index (χ4n) is 10.3. The van der Waals surface area contributed by atoms with Crippen LogP contribution in [0.3, 0.4) is 0 Å². The van der Waals surface area contributed by atoms with Crippen molar-refractivity contribution in [3.05, 3.63) is 94.5 Å². The molecule has 80 heavy (non-hydrogen) atoms. The number of amides is 4. The molecule has 0 aliphatic carbocycles. The number of hydrogen-bond acceptors (Lipinski definition) is 14. The molecule has 4 amide bonds. The lowest BCUT2D eigenvalue weighted by Crippen LogP contribution is -2.50. The number of benzene rings is 4. The summed E-state index contributed by atoms with van der Waals surface area (Å²) in [5.74, 6) is 0.311. The second-order valence-electron chi connectivity index (χ2n) is 24.0. The normalized spacial score (nSPS) is 17.8. The smallest absolute Gasteiger partial charge is 0.493 e. The van der Waals surface area contributed by atoms with Crippen molar-refractivity contribution in [2.45, 2.75) is 181 Å². The zero-order valence-electron chi connectivity index (χ0n) is 48.1. The second-order valence-corrected chi connectivity index (χ2v) is 25.7. The SMILES string of the molecule is Cc1cc2c(cc1OCCCCCC(=O)N1C[C@@H](CCl)c3c1cc(OP(=O)(OC(C)(C)C)OC(C)(C)C)c1ccccc31)N(C(=O)OCc1ccc(CC(=O)[C@@H](N)CCCCNC(=O)OC(C)(C)C)cc1)C(O)[C@@H]1CCCN1C2=O. The van der Waals surface area contributed by atoms with E-state index in [4.69, 9.17) is 45.1 Å². The molecular formula is C60H81ClN5O13P. The Morgan fingerprint density at radius 2 is 1.50 bits per heavy atom. The van der Waals surface area contributed by atoms with Gasteiger partial charge in [-0.2, -0.15) is 0 Å². The average Bonchev–Trinajstić information content (AvgIpc) is 4.23. The molecule has 0 saturated carbocycles. The summed E-state index contributed by atoms with van der Waals surface area (Å²) in [4.78, 5) is 71.6. The first-order valence-corrected chi connectivity index (χ1v) is 29.8. The maximum atomic E-state index is 14.3. The highest BCUT2D eigenvalue weighted by Gasteiger charge is 2.46. The zero-order chi connectivity index (χ0) is 58.3. The van der Waals surface area contributed by atoms with Gasteiger partial charge in [0.1, 0.15) is 23.7 Å². The van der Waals surface area contributed by atoms with Crippen LogP contribution in [0.5, 0.6) is 11.5 Å². The van der Waals surface area contributed by atoms with Gasteiger partial charge < -0.3 is 44.7 Å². The number of rotatable bonds is 22. The summed E-state index contributed by atoms with van der Waals surface area (Å²) < 4.78 is 49.9. The van der Waals surface area contributed by atoms with Gasteiger partial charge in [-0.15, -0.1) is 11.6 Å². The van der Waals surface area contributed by atoms with E-state index in [2.05, 4.69) is 5.32 Å². The quantitative estimate of drug-likeness (QED) is 0.0378. The third-order valence-corrected chi connectivity index (χ3v) is 16.2. The maximum Gasteiger partial charge on any atom is 0.531 e. The van der Waals surface area contributed by atoms with E-state index in [1.54, 1.807) is 115 Å². The van der Waals surface area contributed by atoms with E-state index in [1.807, 2.05) is 31.2 Å². The summed E-state index contributed by atoms with van der Waals surface area (Å²) in [6, 6.07) is 18.4. The number of alkyl halides is 1. The standard InChI is InChI=1S/C60H81ClN5O13P/c1-38-31-44-47(66(55(70)46-22-18-29-64(46)54(44)69)57(72)75-37-40-26-24-39(25-27-40)32-49(67)45(62)21-15-16-28-63-56(71)76-58(2,3)4)33-50(38)74-30-17-11-12-23-52(68)65-36-41(35-61)53-43-20-14-13-19-42(43)51(34-48(53)65)77-80(73,78-59(5,6)7)79-60(8,9)10/h13-14,19-20,24-27,31,33-34,41,45-46,55,70H,11-12,15-18,21-23,28-30,32,35-37,62H2,1-10H3,(H,63,71)/t41-,45+,46+,55?/m1/s1. The molecule has 0 radical (unpaired) electrons. The third-order valence-electron chi connectivity index (χ3n) is 13.8. The lowest BCUT2D eigenvalue weighted by molar-refractivity contribution is -0.120. The number of nitrogens with two attached hydrogens (primary N) is 1. The fourth-order valence-corrected chi connectivity index (χ4v) is 12.4. The Balaban J connectivity index is 0.953. The number of aliphatic hydroxyl groups is 1. The van der Waals surface area contributed by atoms with Crippen LogP contribution >= 0.6 is 19.4 Å². The number of unbranched alkanes of at least 4 members (excludes halogenated alkanes) is 3. The first-order valence-electron chi connectivity index (χ1n) is 27.8. The Labute approximate surface area is 475 Å². The molecule has 4 N–H and O–H groups in total. The second kappa shape index (κ2) is 26.0. The predicted octanol–water partition coefficient (Wildman–Crippen LogP) is 11.8. The summed E-state index contributed by atoms with van der Waals surface area (Å²) in [5, 5.41) is 16.1. The molecule has 7 rings (SSSR count). The molecule has 1 fully saturated rings. The molecule has 1 saturated heterocycles. The number of anilines is 2. The van der Waals surface area contributed by atoms with Crippen LogP contribution in [0.25, 0.3) is 10.8 Å². The molecule has 3 aliphatic heterocycles. The van der Waals surface area contributed by atoms with Crippen LogP contribution in [0.15, 0.2) is 66.7 Å². The number of fused-ring (bicyclic) bond motifs is 5. The average molecular weight is 1150 g/mol. The molecule has 4 aromatic carbocycles. The number of phosphoric acid groups is 1. The minimum Gasteiger partial charge on any atom is -0.493 e. The van der Waals surface area contributed by atoms with E-state index in [9.17, 15) is 33.6 Å². The van der Waals surface area contributed by atoms with Crippen molar-refractivity contribution in [3.63, 3.8) is 0 Å². The minimum absolute atomic E-state index is 0.0979. The van der Waals surface area contributed by atoms with E-state index in [1.165, 1.54) is 0 Å². The Bertz CT molecular complexity index is 2920. The summed E-state index contributed by atoms with van der Waals surface area (Å²) in [6.07, 6.45) is 2.37. The molecular weight excluding hydrogens is 1070 g/mol. The van der Waals surface area contributed by atoms with E-state index in [0.29, 0.717) is 99.0 Å². The van der Waals surface area contributed by atoms with Crippen molar-refractivity contribution in [3.8, 4) is 11.5 Å². The maximum absolute atomic E-state index is 14.3. The lowest BCUT2D eigenvalue weighted by atomic mass is 9.95. The Morgan fingerprint density at radius 1 is 0.838 bits per heavy atom. The van der Waals surface area contributed by atoms with Crippen molar-refractivity contribution in [2.24, 2.45) is 5.73 Å². The number of hydrogen-bond donors (Lipinski definition) is 3. The summed E-state index contributed by atoms with van der Waals surface area (Å²) in [7, 11) is -4.20. The van der Waals surface area contributed by atoms with Gasteiger partial charge in [0.05, 0.1) is 46.8 Å². The van der Waals surface area contributed by atoms with Crippen LogP contribution in [0.2, 0.25) is 0 Å². The molecule has 1 unspecified atom stereocenters. The van der Waals surface area contributed by atoms with Crippen molar-refractivity contribution in [1.82, 2.24) is 10.2 Å². The van der Waals surface area contributed by atoms with Crippen LogP contribution in [-0.2, 0) is 45.7 Å². The molecule has 20 heteroatoms. The van der Waals surface area contributed by atoms with Gasteiger partial charge in [-0.25, -0.2) is 19.1 Å². The molecule has 3 heterocycles. The number of carbonyl (C=O) groups is 5. The number of ketones is 1. The Hall–Kier alpha value is -5.75. The van der Waals surface area contributed by atoms with Crippen molar-refractivity contribution in [1.29, 1.82) is 0 Å². The molecule has 0 bridgehead atoms. The Kier molecular flexibility index (Phi) is 20.1. The highest BCUT2D eigenvalue weighted by molar-refractivity contribution is 7.49. The first-order chi connectivity index (χ1) is 37.6. The van der Waals surface area contributed by atoms with Gasteiger partial charge in [0, 0.05) is 61.8 Å². The predicted molar refractivity (Wildman–Crippen MR) is 309 cm³/mol. The number of Topliss-reactive ketones (excluding diaryl/α,β-unsaturated/α-hetero) is 1. The number of ether oxygens (including phenoxy) is 3. The minimum atomic E-state index is -4.20. The molecule has 4 atom stereocenters. The van der Waals surface area contributed by atoms with Crippen LogP contribution in [0, 0.1) is 6.92 Å². The topological polar surface area (TPSA) is 226 Å². The lowest BCUT2D eigenvalue weighted by Gasteiger charge is -2.31. The number of halogens is 1. The largest absolute Gasteiger partial charge is 0.531 e. The fraction of sp³-hybridized carbons (Fsp3) is 0.550. The molecule has 3 aliphatic rings. The summed E-state index contributed by atoms with van der Waals surface area (Å²) in [5.41, 5.74) is 7.93. The highest BCUT2D eigenvalue weighted by atomic mass is 35.5. The van der Waals surface area contributed by atoms with Gasteiger partial charge >= 0.3 is 20.0 Å². The van der Waals surface area contributed by atoms with E-state index in [0.717, 1.165) is 21.4 Å². The molecule has 4 aromatic rings. The van der Waals surface area contributed by atoms with E-state index in [-0.39, 0.29) is 72.5 Å². The molecule has 18 nitrogen and oxygen atoms in total.